The first-order valence-corrected chi connectivity index (χ1v) is 12.2. The Kier molecular flexibility index (Phi) is 6.66. The number of piperazine rings is 1. The molecular weight excluding hydrogens is 456 g/mol. The van der Waals surface area contributed by atoms with Gasteiger partial charge in [-0.2, -0.15) is 0 Å². The van der Waals surface area contributed by atoms with Crippen molar-refractivity contribution >= 4 is 35.3 Å². The SMILES string of the molecule is CC1CN(c2cccc(-c3ccc4cnc(CNC(=O)c5cccc(S)c5)cc4n3)n2)CC(C)N1. The van der Waals surface area contributed by atoms with E-state index in [2.05, 4.69) is 53.1 Å². The van der Waals surface area contributed by atoms with Gasteiger partial charge in [-0.1, -0.05) is 12.1 Å². The summed E-state index contributed by atoms with van der Waals surface area (Å²) in [6, 6.07) is 20.0. The Morgan fingerprint density at radius 1 is 1.03 bits per heavy atom. The molecule has 3 aromatic heterocycles. The van der Waals surface area contributed by atoms with E-state index in [1.54, 1.807) is 18.3 Å². The minimum Gasteiger partial charge on any atom is -0.353 e. The number of benzene rings is 1. The quantitative estimate of drug-likeness (QED) is 0.370. The lowest BCUT2D eigenvalue weighted by atomic mass is 10.1. The zero-order valence-corrected chi connectivity index (χ0v) is 20.7. The Hall–Kier alpha value is -3.49. The summed E-state index contributed by atoms with van der Waals surface area (Å²) in [5.74, 6) is 0.801. The van der Waals surface area contributed by atoms with Gasteiger partial charge in [0.25, 0.3) is 5.91 Å². The zero-order valence-electron chi connectivity index (χ0n) is 19.8. The number of carbonyl (C=O) groups excluding carboxylic acids is 1. The molecule has 1 aliphatic rings. The van der Waals surface area contributed by atoms with Crippen LogP contribution >= 0.6 is 12.6 Å². The molecule has 1 aliphatic heterocycles. The molecule has 0 radical (unpaired) electrons. The average Bonchev–Trinajstić information content (AvgIpc) is 2.86. The van der Waals surface area contributed by atoms with Crippen LogP contribution in [0.2, 0.25) is 0 Å². The standard InChI is InChI=1S/C27H28N6OS/c1-17-15-33(16-18(2)30-17)26-8-4-7-23(32-26)24-10-9-20-13-28-21(12-25(20)31-24)14-29-27(34)19-5-3-6-22(35)11-19/h3-13,17-18,30,35H,14-16H2,1-2H3,(H,29,34). The molecule has 0 aliphatic carbocycles. The molecule has 1 amide bonds. The van der Waals surface area contributed by atoms with Crippen molar-refractivity contribution in [1.29, 1.82) is 0 Å². The van der Waals surface area contributed by atoms with E-state index in [4.69, 9.17) is 9.97 Å². The van der Waals surface area contributed by atoms with Crippen LogP contribution in [0.5, 0.6) is 0 Å². The topological polar surface area (TPSA) is 83.0 Å². The van der Waals surface area contributed by atoms with E-state index >= 15 is 0 Å². The second kappa shape index (κ2) is 10.0. The fourth-order valence-corrected chi connectivity index (χ4v) is 4.70. The van der Waals surface area contributed by atoms with Crippen molar-refractivity contribution in [2.45, 2.75) is 37.4 Å². The fourth-order valence-electron chi connectivity index (χ4n) is 4.47. The predicted molar refractivity (Wildman–Crippen MR) is 142 cm³/mol. The summed E-state index contributed by atoms with van der Waals surface area (Å²) in [7, 11) is 0. The smallest absolute Gasteiger partial charge is 0.251 e. The third-order valence-corrected chi connectivity index (χ3v) is 6.33. The van der Waals surface area contributed by atoms with Crippen LogP contribution in [0.15, 0.2) is 71.8 Å². The average molecular weight is 485 g/mol. The maximum Gasteiger partial charge on any atom is 0.251 e. The number of hydrogen-bond acceptors (Lipinski definition) is 7. The molecule has 0 spiro atoms. The highest BCUT2D eigenvalue weighted by Crippen LogP contribution is 2.23. The van der Waals surface area contributed by atoms with Crippen molar-refractivity contribution in [2.24, 2.45) is 0 Å². The van der Waals surface area contributed by atoms with Crippen molar-refractivity contribution in [2.75, 3.05) is 18.0 Å². The lowest BCUT2D eigenvalue weighted by Crippen LogP contribution is -2.54. The minimum atomic E-state index is -0.165. The molecule has 5 rings (SSSR count). The number of fused-ring (bicyclic) bond motifs is 1. The van der Waals surface area contributed by atoms with Crippen molar-refractivity contribution in [3.63, 3.8) is 0 Å². The Balaban J connectivity index is 1.35. The second-order valence-corrected chi connectivity index (χ2v) is 9.57. The molecule has 0 bridgehead atoms. The van der Waals surface area contributed by atoms with Crippen LogP contribution in [-0.2, 0) is 6.54 Å². The normalized spacial score (nSPS) is 18.0. The lowest BCUT2D eigenvalue weighted by molar-refractivity contribution is 0.0950. The Morgan fingerprint density at radius 2 is 1.80 bits per heavy atom. The van der Waals surface area contributed by atoms with Gasteiger partial charge in [0.05, 0.1) is 29.1 Å². The van der Waals surface area contributed by atoms with Crippen LogP contribution < -0.4 is 15.5 Å². The first-order chi connectivity index (χ1) is 16.9. The highest BCUT2D eigenvalue weighted by Gasteiger charge is 2.22. The fraction of sp³-hybridized carbons (Fsp3) is 0.259. The number of thiol groups is 1. The van der Waals surface area contributed by atoms with Crippen LogP contribution in [0.1, 0.15) is 29.9 Å². The molecule has 2 N–H and O–H groups in total. The van der Waals surface area contributed by atoms with E-state index in [1.807, 2.05) is 42.5 Å². The van der Waals surface area contributed by atoms with E-state index < -0.39 is 0 Å². The largest absolute Gasteiger partial charge is 0.353 e. The van der Waals surface area contributed by atoms with Crippen molar-refractivity contribution < 1.29 is 4.79 Å². The van der Waals surface area contributed by atoms with Gasteiger partial charge in [0.15, 0.2) is 0 Å². The summed E-state index contributed by atoms with van der Waals surface area (Å²) in [5.41, 5.74) is 3.76. The van der Waals surface area contributed by atoms with Crippen molar-refractivity contribution in [3.05, 3.63) is 78.1 Å². The number of rotatable bonds is 5. The zero-order chi connectivity index (χ0) is 24.4. The number of nitrogens with one attached hydrogen (secondary N) is 2. The lowest BCUT2D eigenvalue weighted by Gasteiger charge is -2.37. The van der Waals surface area contributed by atoms with E-state index in [0.29, 0.717) is 24.2 Å². The number of hydrogen-bond donors (Lipinski definition) is 3. The highest BCUT2D eigenvalue weighted by molar-refractivity contribution is 7.80. The molecule has 178 valence electrons. The van der Waals surface area contributed by atoms with Gasteiger partial charge in [0.2, 0.25) is 0 Å². The first kappa shape index (κ1) is 23.3. The van der Waals surface area contributed by atoms with Gasteiger partial charge in [0, 0.05) is 47.2 Å². The minimum absolute atomic E-state index is 0.165. The Morgan fingerprint density at radius 3 is 2.60 bits per heavy atom. The Bertz CT molecular complexity index is 1370. The van der Waals surface area contributed by atoms with Gasteiger partial charge in [-0.15, -0.1) is 12.6 Å². The van der Waals surface area contributed by atoms with Gasteiger partial charge in [0.1, 0.15) is 5.82 Å². The third kappa shape index (κ3) is 5.44. The van der Waals surface area contributed by atoms with E-state index in [-0.39, 0.29) is 5.91 Å². The predicted octanol–water partition coefficient (Wildman–Crippen LogP) is 4.10. The van der Waals surface area contributed by atoms with E-state index in [0.717, 1.165) is 51.8 Å². The molecule has 4 aromatic rings. The van der Waals surface area contributed by atoms with Crippen LogP contribution in [0.25, 0.3) is 22.3 Å². The van der Waals surface area contributed by atoms with Gasteiger partial charge in [-0.25, -0.2) is 9.97 Å². The highest BCUT2D eigenvalue weighted by atomic mass is 32.1. The van der Waals surface area contributed by atoms with Gasteiger partial charge < -0.3 is 15.5 Å². The molecule has 1 fully saturated rings. The molecule has 35 heavy (non-hydrogen) atoms. The van der Waals surface area contributed by atoms with Crippen LogP contribution in [0, 0.1) is 0 Å². The molecule has 2 unspecified atom stereocenters. The summed E-state index contributed by atoms with van der Waals surface area (Å²) < 4.78 is 0. The third-order valence-electron chi connectivity index (χ3n) is 6.05. The summed E-state index contributed by atoms with van der Waals surface area (Å²) in [6.45, 7) is 6.55. The maximum absolute atomic E-state index is 12.5. The molecule has 1 saturated heterocycles. The summed E-state index contributed by atoms with van der Waals surface area (Å²) in [6.07, 6.45) is 1.79. The first-order valence-electron chi connectivity index (χ1n) is 11.8. The van der Waals surface area contributed by atoms with Crippen LogP contribution in [-0.4, -0.2) is 46.0 Å². The number of pyridine rings is 3. The molecule has 4 heterocycles. The Labute approximate surface area is 210 Å². The monoisotopic (exact) mass is 484 g/mol. The van der Waals surface area contributed by atoms with Crippen molar-refractivity contribution in [3.8, 4) is 11.4 Å². The number of amides is 1. The van der Waals surface area contributed by atoms with Gasteiger partial charge in [-0.3, -0.25) is 9.78 Å². The summed E-state index contributed by atoms with van der Waals surface area (Å²) >= 11 is 4.30. The molecular formula is C27H28N6OS. The van der Waals surface area contributed by atoms with Gasteiger partial charge in [-0.05, 0) is 62.4 Å². The van der Waals surface area contributed by atoms with Crippen LogP contribution in [0.4, 0.5) is 5.82 Å². The van der Waals surface area contributed by atoms with E-state index in [1.165, 1.54) is 0 Å². The number of carbonyl (C=O) groups is 1. The summed E-state index contributed by atoms with van der Waals surface area (Å²) in [5, 5.41) is 7.42. The summed E-state index contributed by atoms with van der Waals surface area (Å²) in [4.78, 5) is 29.8. The molecule has 8 heteroatoms. The van der Waals surface area contributed by atoms with Gasteiger partial charge >= 0.3 is 0 Å². The second-order valence-electron chi connectivity index (χ2n) is 9.05. The number of nitrogens with zero attached hydrogens (tertiary/aromatic N) is 4. The number of anilines is 1. The van der Waals surface area contributed by atoms with Crippen molar-refractivity contribution in [1.82, 2.24) is 25.6 Å². The molecule has 1 aromatic carbocycles. The number of aromatic nitrogens is 3. The van der Waals surface area contributed by atoms with E-state index in [9.17, 15) is 4.79 Å². The molecule has 2 atom stereocenters. The van der Waals surface area contributed by atoms with Crippen LogP contribution in [0.3, 0.4) is 0 Å². The molecule has 0 saturated carbocycles. The maximum atomic E-state index is 12.5. The molecule has 7 nitrogen and oxygen atoms in total.